The van der Waals surface area contributed by atoms with Gasteiger partial charge in [0.1, 0.15) is 0 Å². The van der Waals surface area contributed by atoms with Crippen molar-refractivity contribution in [1.29, 1.82) is 0 Å². The second-order valence-corrected chi connectivity index (χ2v) is 13.3. The van der Waals surface area contributed by atoms with Gasteiger partial charge in [0.15, 0.2) is 5.82 Å². The minimum Gasteiger partial charge on any atom is -0.264 e. The summed E-state index contributed by atoms with van der Waals surface area (Å²) in [6.45, 7) is 4.72. The summed E-state index contributed by atoms with van der Waals surface area (Å²) in [7, 11) is 0. The van der Waals surface area contributed by atoms with Gasteiger partial charge in [0.05, 0.1) is 11.4 Å². The van der Waals surface area contributed by atoms with Crippen molar-refractivity contribution in [2.24, 2.45) is 0 Å². The van der Waals surface area contributed by atoms with E-state index in [1.807, 2.05) is 30.5 Å². The predicted molar refractivity (Wildman–Crippen MR) is 202 cm³/mol. The second kappa shape index (κ2) is 11.5. The number of hydrogen-bond acceptors (Lipinski definition) is 3. The maximum absolute atomic E-state index is 5.12. The van der Waals surface area contributed by atoms with Crippen molar-refractivity contribution in [1.82, 2.24) is 15.0 Å². The maximum Gasteiger partial charge on any atom is 0.160 e. The molecule has 1 aliphatic carbocycles. The molecule has 0 saturated carbocycles. The van der Waals surface area contributed by atoms with Crippen molar-refractivity contribution in [3.05, 3.63) is 175 Å². The largest absolute Gasteiger partial charge is 0.264 e. The zero-order valence-electron chi connectivity index (χ0n) is 27.4. The molecular formula is C46H33N3. The van der Waals surface area contributed by atoms with Crippen LogP contribution in [0.4, 0.5) is 0 Å². The Labute approximate surface area is 286 Å². The molecule has 0 N–H and O–H groups in total. The first kappa shape index (κ1) is 29.0. The first-order valence-electron chi connectivity index (χ1n) is 16.8. The normalized spacial score (nSPS) is 12.9. The van der Waals surface area contributed by atoms with E-state index < -0.39 is 0 Å². The smallest absolute Gasteiger partial charge is 0.160 e. The van der Waals surface area contributed by atoms with Gasteiger partial charge in [-0.1, -0.05) is 141 Å². The third-order valence-corrected chi connectivity index (χ3v) is 9.96. The number of hydrogen-bond donors (Lipinski definition) is 0. The first-order chi connectivity index (χ1) is 24.0. The van der Waals surface area contributed by atoms with Crippen molar-refractivity contribution in [2.75, 3.05) is 0 Å². The van der Waals surface area contributed by atoms with Crippen molar-refractivity contribution < 1.29 is 0 Å². The van der Waals surface area contributed by atoms with Crippen LogP contribution in [0.1, 0.15) is 25.0 Å². The van der Waals surface area contributed by atoms with E-state index in [4.69, 9.17) is 9.97 Å². The van der Waals surface area contributed by atoms with Gasteiger partial charge in [0.2, 0.25) is 0 Å². The highest BCUT2D eigenvalue weighted by molar-refractivity contribution is 5.98. The molecule has 0 saturated heterocycles. The Morgan fingerprint density at radius 3 is 1.92 bits per heavy atom. The Balaban J connectivity index is 1.12. The van der Waals surface area contributed by atoms with Gasteiger partial charge in [0.25, 0.3) is 0 Å². The van der Waals surface area contributed by atoms with E-state index >= 15 is 0 Å². The van der Waals surface area contributed by atoms with E-state index in [1.54, 1.807) is 6.20 Å². The SMILES string of the molecule is CC1(C)c2cc(-c3cccc(-c4cc(-c5ccc(-c6cccnc6)cc5)nc(-c5ccccc5)n4)c3)ccc2-c2ccc3ccccc3c21. The topological polar surface area (TPSA) is 38.7 Å². The van der Waals surface area contributed by atoms with Crippen LogP contribution < -0.4 is 0 Å². The molecule has 6 aromatic carbocycles. The van der Waals surface area contributed by atoms with Gasteiger partial charge in [-0.3, -0.25) is 4.98 Å². The maximum atomic E-state index is 5.12. The highest BCUT2D eigenvalue weighted by atomic mass is 14.9. The summed E-state index contributed by atoms with van der Waals surface area (Å²) < 4.78 is 0. The van der Waals surface area contributed by atoms with Crippen LogP contribution >= 0.6 is 0 Å². The van der Waals surface area contributed by atoms with E-state index in [2.05, 4.69) is 146 Å². The number of nitrogens with zero attached hydrogens (tertiary/aromatic N) is 3. The van der Waals surface area contributed by atoms with Gasteiger partial charge in [-0.15, -0.1) is 0 Å². The summed E-state index contributed by atoms with van der Waals surface area (Å²) in [5.41, 5.74) is 14.8. The van der Waals surface area contributed by atoms with Crippen LogP contribution in [0.25, 0.3) is 78.1 Å². The van der Waals surface area contributed by atoms with Crippen LogP contribution in [0.15, 0.2) is 164 Å². The molecule has 0 fully saturated rings. The molecule has 0 atom stereocenters. The van der Waals surface area contributed by atoms with Gasteiger partial charge >= 0.3 is 0 Å². The average molecular weight is 628 g/mol. The molecule has 9 rings (SSSR count). The molecule has 49 heavy (non-hydrogen) atoms. The summed E-state index contributed by atoms with van der Waals surface area (Å²) in [5.74, 6) is 0.708. The number of benzene rings is 6. The Morgan fingerprint density at radius 2 is 1.10 bits per heavy atom. The minimum atomic E-state index is -0.113. The van der Waals surface area contributed by atoms with Gasteiger partial charge < -0.3 is 0 Å². The lowest BCUT2D eigenvalue weighted by atomic mass is 9.79. The number of rotatable bonds is 5. The molecule has 0 amide bonds. The Kier molecular flexibility index (Phi) is 6.80. The van der Waals surface area contributed by atoms with Crippen LogP contribution in [-0.4, -0.2) is 15.0 Å². The van der Waals surface area contributed by atoms with E-state index in [0.717, 1.165) is 39.2 Å². The fourth-order valence-electron chi connectivity index (χ4n) is 7.46. The summed E-state index contributed by atoms with van der Waals surface area (Å²) in [6.07, 6.45) is 3.69. The molecule has 0 aliphatic heterocycles. The van der Waals surface area contributed by atoms with Crippen LogP contribution in [-0.2, 0) is 5.41 Å². The van der Waals surface area contributed by atoms with Crippen LogP contribution in [0.2, 0.25) is 0 Å². The third kappa shape index (κ3) is 5.03. The summed E-state index contributed by atoms with van der Waals surface area (Å²) in [5, 5.41) is 2.63. The third-order valence-electron chi connectivity index (χ3n) is 9.96. The van der Waals surface area contributed by atoms with Gasteiger partial charge in [-0.05, 0) is 79.5 Å². The molecule has 0 unspecified atom stereocenters. The molecule has 3 heteroatoms. The molecule has 1 aliphatic rings. The highest BCUT2D eigenvalue weighted by Crippen LogP contribution is 2.52. The lowest BCUT2D eigenvalue weighted by molar-refractivity contribution is 0.666. The van der Waals surface area contributed by atoms with E-state index in [1.165, 1.54) is 44.2 Å². The number of pyridine rings is 1. The first-order valence-corrected chi connectivity index (χ1v) is 16.8. The van der Waals surface area contributed by atoms with Crippen molar-refractivity contribution in [2.45, 2.75) is 19.3 Å². The summed E-state index contributed by atoms with van der Waals surface area (Å²) >= 11 is 0. The summed E-state index contributed by atoms with van der Waals surface area (Å²) in [6, 6.07) is 53.9. The average Bonchev–Trinajstić information content (AvgIpc) is 3.41. The van der Waals surface area contributed by atoms with E-state index in [-0.39, 0.29) is 5.41 Å². The van der Waals surface area contributed by atoms with Gasteiger partial charge in [-0.2, -0.15) is 0 Å². The zero-order valence-corrected chi connectivity index (χ0v) is 27.4. The van der Waals surface area contributed by atoms with Crippen LogP contribution in [0.5, 0.6) is 0 Å². The quantitative estimate of drug-likeness (QED) is 0.191. The second-order valence-electron chi connectivity index (χ2n) is 13.3. The lowest BCUT2D eigenvalue weighted by Gasteiger charge is -2.23. The van der Waals surface area contributed by atoms with Crippen LogP contribution in [0.3, 0.4) is 0 Å². The molecule has 3 nitrogen and oxygen atoms in total. The van der Waals surface area contributed by atoms with Crippen molar-refractivity contribution >= 4 is 10.8 Å². The molecule has 0 spiro atoms. The lowest BCUT2D eigenvalue weighted by Crippen LogP contribution is -2.15. The number of fused-ring (bicyclic) bond motifs is 5. The van der Waals surface area contributed by atoms with Gasteiger partial charge in [0, 0.05) is 34.5 Å². The fraction of sp³-hybridized carbons (Fsp3) is 0.0652. The molecule has 232 valence electrons. The van der Waals surface area contributed by atoms with Crippen LogP contribution in [0, 0.1) is 0 Å². The van der Waals surface area contributed by atoms with Gasteiger partial charge in [-0.25, -0.2) is 9.97 Å². The fourth-order valence-corrected chi connectivity index (χ4v) is 7.46. The molecule has 8 aromatic rings. The number of aromatic nitrogens is 3. The monoisotopic (exact) mass is 627 g/mol. The molecule has 0 bridgehead atoms. The Morgan fingerprint density at radius 1 is 0.449 bits per heavy atom. The van der Waals surface area contributed by atoms with E-state index in [0.29, 0.717) is 5.82 Å². The molecule has 2 aromatic heterocycles. The standard InChI is InChI=1S/C46H33N3/c1-46(2)41-27-35(22-23-39(41)40-24-21-31-10-6-7-16-38(31)44(40)46)34-13-8-14-36(26-34)43-28-42(48-45(49-43)33-11-4-3-5-12-33)32-19-17-30(18-20-32)37-15-9-25-47-29-37/h3-29H,1-2H3. The predicted octanol–water partition coefficient (Wildman–Crippen LogP) is 11.7. The summed E-state index contributed by atoms with van der Waals surface area (Å²) in [4.78, 5) is 14.5. The zero-order chi connectivity index (χ0) is 33.0. The molecule has 2 heterocycles. The molecular weight excluding hydrogens is 595 g/mol. The Bertz CT molecular complexity index is 2500. The van der Waals surface area contributed by atoms with Crippen molar-refractivity contribution in [3.63, 3.8) is 0 Å². The molecule has 0 radical (unpaired) electrons. The highest BCUT2D eigenvalue weighted by Gasteiger charge is 2.37. The van der Waals surface area contributed by atoms with E-state index in [9.17, 15) is 0 Å². The Hall–Kier alpha value is -6.19. The van der Waals surface area contributed by atoms with Crippen molar-refractivity contribution in [3.8, 4) is 67.3 Å². The minimum absolute atomic E-state index is 0.113.